The number of para-hydroxylation sites is 1. The first kappa shape index (κ1) is 27.5. The van der Waals surface area contributed by atoms with E-state index in [4.69, 9.17) is 16.3 Å². The second-order valence-electron chi connectivity index (χ2n) is 11.1. The molecule has 1 heterocycles. The topological polar surface area (TPSA) is 105 Å². The number of carbonyl (C=O) groups is 1. The molecule has 3 aromatic carbocycles. The minimum absolute atomic E-state index is 0.408. The van der Waals surface area contributed by atoms with E-state index in [0.29, 0.717) is 18.0 Å². The highest BCUT2D eigenvalue weighted by Crippen LogP contribution is 2.45. The van der Waals surface area contributed by atoms with Gasteiger partial charge in [-0.25, -0.2) is 5.84 Å². The Labute approximate surface area is 226 Å². The number of carboxylic acids is 1. The van der Waals surface area contributed by atoms with Gasteiger partial charge < -0.3 is 20.6 Å². The van der Waals surface area contributed by atoms with Crippen molar-refractivity contribution >= 4 is 17.3 Å². The first-order valence-corrected chi connectivity index (χ1v) is 13.1. The lowest BCUT2D eigenvalue weighted by Gasteiger charge is -2.34. The second kappa shape index (κ2) is 10.7. The van der Waals surface area contributed by atoms with Crippen LogP contribution in [-0.2, 0) is 17.9 Å². The summed E-state index contributed by atoms with van der Waals surface area (Å²) in [7, 11) is 1.74. The molecule has 0 spiro atoms. The largest absolute Gasteiger partial charge is 0.492 e. The van der Waals surface area contributed by atoms with Crippen LogP contribution in [0.25, 0.3) is 0 Å². The zero-order valence-corrected chi connectivity index (χ0v) is 23.3. The lowest BCUT2D eigenvalue weighted by molar-refractivity contribution is -0.147. The fraction of sp³-hybridized carbons (Fsp3) is 0.387. The molecule has 0 saturated heterocycles. The van der Waals surface area contributed by atoms with Crippen molar-refractivity contribution in [1.82, 2.24) is 4.90 Å². The third-order valence-corrected chi connectivity index (χ3v) is 7.94. The quantitative estimate of drug-likeness (QED) is 0.227. The van der Waals surface area contributed by atoms with Gasteiger partial charge in [0, 0.05) is 38.2 Å². The summed E-state index contributed by atoms with van der Waals surface area (Å²) in [6.45, 7) is 12.7. The van der Waals surface area contributed by atoms with E-state index >= 15 is 0 Å². The Morgan fingerprint density at radius 1 is 1.13 bits per heavy atom. The number of anilines is 2. The molecule has 1 aliphatic heterocycles. The summed E-state index contributed by atoms with van der Waals surface area (Å²) in [6.07, 6.45) is 0. The van der Waals surface area contributed by atoms with Crippen molar-refractivity contribution in [3.8, 4) is 5.75 Å². The second-order valence-corrected chi connectivity index (χ2v) is 11.1. The van der Waals surface area contributed by atoms with Crippen LogP contribution < -0.4 is 21.3 Å². The maximum atomic E-state index is 12.6. The summed E-state index contributed by atoms with van der Waals surface area (Å²) in [5.41, 5.74) is 14.1. The highest BCUT2D eigenvalue weighted by atomic mass is 16.5. The zero-order chi connectivity index (χ0) is 27.8. The summed E-state index contributed by atoms with van der Waals surface area (Å²) in [5.74, 6) is 5.69. The Bertz CT molecular complexity index is 1350. The van der Waals surface area contributed by atoms with Crippen molar-refractivity contribution in [3.63, 3.8) is 0 Å². The van der Waals surface area contributed by atoms with E-state index in [1.807, 2.05) is 19.1 Å². The molecule has 1 atom stereocenters. The van der Waals surface area contributed by atoms with Crippen LogP contribution in [0.2, 0.25) is 0 Å². The lowest BCUT2D eigenvalue weighted by atomic mass is 9.69. The van der Waals surface area contributed by atoms with Crippen LogP contribution in [0.4, 0.5) is 11.4 Å². The number of carboxylic acid groups (broad SMARTS) is 1. The third-order valence-electron chi connectivity index (χ3n) is 7.94. The molecule has 3 aromatic rings. The molecule has 7 nitrogen and oxygen atoms in total. The van der Waals surface area contributed by atoms with Gasteiger partial charge in [0.1, 0.15) is 12.4 Å². The summed E-state index contributed by atoms with van der Waals surface area (Å²) in [6, 6.07) is 16.4. The molecule has 0 aromatic heterocycles. The normalized spacial score (nSPS) is 14.8. The molecule has 5 N–H and O–H groups in total. The number of hydrazine groups is 1. The molecule has 202 valence electrons. The first-order chi connectivity index (χ1) is 17.9. The minimum atomic E-state index is -1.08. The molecule has 0 radical (unpaired) electrons. The van der Waals surface area contributed by atoms with Gasteiger partial charge in [-0.15, -0.1) is 0 Å². The number of nitrogens with zero attached hydrogens (tertiary/aromatic N) is 2. The molecule has 7 heteroatoms. The van der Waals surface area contributed by atoms with Gasteiger partial charge in [0.25, 0.3) is 0 Å². The van der Waals surface area contributed by atoms with Gasteiger partial charge >= 0.3 is 5.97 Å². The van der Waals surface area contributed by atoms with E-state index in [1.54, 1.807) is 20.9 Å². The average molecular weight is 517 g/mol. The Kier molecular flexibility index (Phi) is 7.72. The van der Waals surface area contributed by atoms with Gasteiger partial charge in [0.05, 0.1) is 16.8 Å². The summed E-state index contributed by atoms with van der Waals surface area (Å²) >= 11 is 0. The molecule has 38 heavy (non-hydrogen) atoms. The van der Waals surface area contributed by atoms with Crippen LogP contribution in [-0.4, -0.2) is 36.2 Å². The molecule has 0 fully saturated rings. The van der Waals surface area contributed by atoms with Crippen LogP contribution in [0.5, 0.6) is 5.75 Å². The summed E-state index contributed by atoms with van der Waals surface area (Å²) < 4.78 is 6.09. The van der Waals surface area contributed by atoms with Crippen LogP contribution >= 0.6 is 0 Å². The molecule has 0 amide bonds. The number of nitrogens with two attached hydrogens (primary N) is 2. The Morgan fingerprint density at radius 2 is 1.87 bits per heavy atom. The molecule has 1 aliphatic rings. The third kappa shape index (κ3) is 5.22. The van der Waals surface area contributed by atoms with Crippen LogP contribution in [0.15, 0.2) is 48.5 Å². The van der Waals surface area contributed by atoms with Gasteiger partial charge in [0.15, 0.2) is 0 Å². The lowest BCUT2D eigenvalue weighted by Crippen LogP contribution is -2.33. The minimum Gasteiger partial charge on any atom is -0.492 e. The van der Waals surface area contributed by atoms with E-state index in [9.17, 15) is 9.90 Å². The monoisotopic (exact) mass is 516 g/mol. The Balaban J connectivity index is 1.75. The van der Waals surface area contributed by atoms with E-state index in [2.05, 4.69) is 55.1 Å². The predicted octanol–water partition coefficient (Wildman–Crippen LogP) is 5.14. The number of rotatable bonds is 7. The molecule has 0 bridgehead atoms. The average Bonchev–Trinajstić information content (AvgIpc) is 3.06. The van der Waals surface area contributed by atoms with Crippen molar-refractivity contribution in [1.29, 1.82) is 0 Å². The van der Waals surface area contributed by atoms with Crippen molar-refractivity contribution in [2.24, 2.45) is 11.3 Å². The van der Waals surface area contributed by atoms with E-state index in [1.165, 1.54) is 21.7 Å². The number of aryl methyl sites for hydroxylation is 2. The number of aliphatic carboxylic acids is 1. The molecule has 1 unspecified atom stereocenters. The van der Waals surface area contributed by atoms with Gasteiger partial charge in [-0.05, 0) is 74.1 Å². The van der Waals surface area contributed by atoms with Gasteiger partial charge in [-0.1, -0.05) is 42.5 Å². The number of hydrogen-bond acceptors (Lipinski definition) is 6. The van der Waals surface area contributed by atoms with Crippen molar-refractivity contribution < 1.29 is 14.6 Å². The first-order valence-electron chi connectivity index (χ1n) is 13.1. The van der Waals surface area contributed by atoms with Crippen LogP contribution in [0.3, 0.4) is 0 Å². The summed E-state index contributed by atoms with van der Waals surface area (Å²) in [5, 5.41) is 11.8. The van der Waals surface area contributed by atoms with Gasteiger partial charge in [-0.3, -0.25) is 9.69 Å². The number of fused-ring (bicyclic) bond motifs is 1. The fourth-order valence-electron chi connectivity index (χ4n) is 5.52. The highest BCUT2D eigenvalue weighted by Gasteiger charge is 2.40. The van der Waals surface area contributed by atoms with Crippen LogP contribution in [0, 0.1) is 26.2 Å². The zero-order valence-electron chi connectivity index (χ0n) is 23.3. The SMILES string of the molecule is Cc1ccc(C(c2ccc(N(C)N)c(N)c2C)C(C)(C)C(=O)O)cc1CN1CCOc2c(C)cccc2C1. The number of benzene rings is 3. The molecule has 4 rings (SSSR count). The van der Waals surface area contributed by atoms with Crippen molar-refractivity contribution in [3.05, 3.63) is 87.5 Å². The maximum absolute atomic E-state index is 12.6. The van der Waals surface area contributed by atoms with Gasteiger partial charge in [-0.2, -0.15) is 0 Å². The molecular weight excluding hydrogens is 476 g/mol. The Hall–Kier alpha value is -3.55. The standard InChI is InChI=1S/C31H40N4O3/c1-19-10-11-22(16-24(19)18-35-14-15-38-29-20(2)8-7-9-23(29)17-35)27(31(4,5)30(36)37)25-12-13-26(34(6)33)28(32)21(25)3/h7-13,16,27H,14-15,17-18,32-33H2,1-6H3,(H,36,37). The highest BCUT2D eigenvalue weighted by molar-refractivity contribution is 5.78. The van der Waals surface area contributed by atoms with E-state index < -0.39 is 17.3 Å². The van der Waals surface area contributed by atoms with Crippen molar-refractivity contribution in [2.75, 3.05) is 30.9 Å². The molecule has 0 aliphatic carbocycles. The number of nitrogen functional groups attached to an aromatic ring is 1. The van der Waals surface area contributed by atoms with Crippen molar-refractivity contribution in [2.45, 2.75) is 53.6 Å². The maximum Gasteiger partial charge on any atom is 0.310 e. The van der Waals surface area contributed by atoms with E-state index in [-0.39, 0.29) is 0 Å². The van der Waals surface area contributed by atoms with E-state index in [0.717, 1.165) is 47.6 Å². The number of hydrogen-bond donors (Lipinski definition) is 3. The van der Waals surface area contributed by atoms with Gasteiger partial charge in [0.2, 0.25) is 0 Å². The fourth-order valence-corrected chi connectivity index (χ4v) is 5.52. The number of ether oxygens (including phenoxy) is 1. The molecule has 0 saturated carbocycles. The van der Waals surface area contributed by atoms with Crippen LogP contribution in [0.1, 0.15) is 58.7 Å². The summed E-state index contributed by atoms with van der Waals surface area (Å²) in [4.78, 5) is 14.9. The smallest absolute Gasteiger partial charge is 0.310 e. The molecular formula is C31H40N4O3. The Morgan fingerprint density at radius 3 is 2.55 bits per heavy atom. The predicted molar refractivity (Wildman–Crippen MR) is 153 cm³/mol.